The fraction of sp³-hybridized carbons (Fsp3) is 0.525. The molecule has 2 aromatic carbocycles. The van der Waals surface area contributed by atoms with Gasteiger partial charge in [0.25, 0.3) is 11.4 Å². The Morgan fingerprint density at radius 1 is 0.691 bits per heavy atom. The third-order valence-electron chi connectivity index (χ3n) is 16.4. The van der Waals surface area contributed by atoms with Gasteiger partial charge < -0.3 is 73.7 Å². The van der Waals surface area contributed by atoms with E-state index >= 15 is 0 Å². The Bertz CT molecular complexity index is 3830. The number of nitrogens with two attached hydrogens (primary N) is 2. The highest BCUT2D eigenvalue weighted by Gasteiger charge is 2.64. The second-order valence-electron chi connectivity index (χ2n) is 23.9. The second-order valence-corrected chi connectivity index (χ2v) is 27.7. The average molecular weight is 1350 g/mol. The Morgan fingerprint density at radius 3 is 1.59 bits per heavy atom. The maximum absolute atomic E-state index is 13.7. The molecule has 94 heavy (non-hydrogen) atoms. The zero-order valence-corrected chi connectivity index (χ0v) is 53.3. The lowest BCUT2D eigenvalue weighted by Gasteiger charge is -2.27. The Labute approximate surface area is 537 Å². The molecule has 11 rings (SSSR count). The lowest BCUT2D eigenvalue weighted by atomic mass is 9.96. The number of non-ortho nitro benzene ring substituents is 2. The van der Waals surface area contributed by atoms with E-state index in [1.165, 1.54) is 72.6 Å². The van der Waals surface area contributed by atoms with Crippen LogP contribution in [0.15, 0.2) is 85.5 Å². The normalized spacial score (nSPS) is 25.6. The number of anilines is 2. The molecule has 5 fully saturated rings. The molecule has 504 valence electrons. The van der Waals surface area contributed by atoms with Gasteiger partial charge >= 0.3 is 27.1 Å². The second kappa shape index (κ2) is 29.1. The smallest absolute Gasteiger partial charge is 0.431 e. The van der Waals surface area contributed by atoms with Crippen LogP contribution in [0, 0.1) is 54.7 Å². The minimum atomic E-state index is -4.40. The van der Waals surface area contributed by atoms with Gasteiger partial charge in [-0.1, -0.05) is 26.7 Å². The first-order valence-corrected chi connectivity index (χ1v) is 33.6. The molecule has 35 heteroatoms. The number of hydrogen-bond acceptors (Lipinski definition) is 28. The van der Waals surface area contributed by atoms with Crippen molar-refractivity contribution in [1.82, 2.24) is 29.2 Å². The highest BCUT2D eigenvalue weighted by molar-refractivity contribution is 7.54. The van der Waals surface area contributed by atoms with Crippen molar-refractivity contribution in [2.45, 2.75) is 158 Å². The number of ether oxygens (including phenoxy) is 6. The van der Waals surface area contributed by atoms with E-state index in [1.807, 2.05) is 6.07 Å². The van der Waals surface area contributed by atoms with Crippen molar-refractivity contribution in [3.05, 3.63) is 117 Å². The number of aliphatic hydroxyl groups excluding tert-OH is 3. The van der Waals surface area contributed by atoms with Crippen LogP contribution in [0.4, 0.5) is 23.0 Å². The molecule has 33 nitrogen and oxygen atoms in total. The van der Waals surface area contributed by atoms with Crippen LogP contribution in [-0.4, -0.2) is 150 Å². The number of benzene rings is 2. The molecule has 0 amide bonds. The summed E-state index contributed by atoms with van der Waals surface area (Å²) in [6.07, 6.45) is 4.05. The Morgan fingerprint density at radius 2 is 1.14 bits per heavy atom. The van der Waals surface area contributed by atoms with Crippen LogP contribution in [0.5, 0.6) is 11.5 Å². The quantitative estimate of drug-likeness (QED) is 0.0196. The predicted molar refractivity (Wildman–Crippen MR) is 327 cm³/mol. The van der Waals surface area contributed by atoms with Crippen LogP contribution >= 0.6 is 15.2 Å². The first kappa shape index (κ1) is 70.0. The summed E-state index contributed by atoms with van der Waals surface area (Å²) >= 11 is 0. The molecule has 3 saturated heterocycles. The summed E-state index contributed by atoms with van der Waals surface area (Å²) < 4.78 is 80.1. The summed E-state index contributed by atoms with van der Waals surface area (Å²) in [6.45, 7) is 5.22. The summed E-state index contributed by atoms with van der Waals surface area (Å²) in [5.41, 5.74) is 9.68. The molecule has 3 aliphatic heterocycles. The van der Waals surface area contributed by atoms with E-state index in [4.69, 9.17) is 53.5 Å². The Balaban J connectivity index is 0.000000169. The molecule has 8 N–H and O–H groups in total. The maximum Gasteiger partial charge on any atom is 0.431 e. The van der Waals surface area contributed by atoms with Gasteiger partial charge in [-0.3, -0.25) is 34.4 Å². The molecule has 0 radical (unpaired) electrons. The topological polar surface area (TPSA) is 479 Å². The van der Waals surface area contributed by atoms with Crippen LogP contribution in [-0.2, 0) is 51.7 Å². The first-order chi connectivity index (χ1) is 44.6. The third kappa shape index (κ3) is 15.9. The van der Waals surface area contributed by atoms with E-state index in [1.54, 1.807) is 55.6 Å². The summed E-state index contributed by atoms with van der Waals surface area (Å²) in [5, 5.41) is 80.5. The molecule has 5 aliphatic rings. The maximum atomic E-state index is 13.7. The van der Waals surface area contributed by atoms with Crippen molar-refractivity contribution in [1.29, 1.82) is 10.5 Å². The SMILES string of the molecule is CC1(C)O[C@H]2[C@H](c3ccc4c(N)ncnn34)O[C@](C#N)(CO)[C@H]2O1.C[C@H](CP(=O)(O)OC[C@@]1(C#N)O[C@@H](c2ccc3c(N)ncnn23)[C@H](O)[C@@H]1O)C(=O)OC1CCCCC1.C[C@H](CP(=O)(Oc1ccc([N+](=O)[O-])cc1)Oc1ccc([N+](=O)[O-])cc1)C(=O)OC1CCCCC1. The summed E-state index contributed by atoms with van der Waals surface area (Å²) in [6, 6.07) is 20.3. The van der Waals surface area contributed by atoms with Crippen LogP contribution in [0.1, 0.15) is 115 Å². The minimum Gasteiger partial charge on any atom is -0.462 e. The number of nitrogen functional groups attached to an aromatic ring is 2. The monoisotopic (exact) mass is 1350 g/mol. The summed E-state index contributed by atoms with van der Waals surface area (Å²) in [5.74, 6) is -3.15. The largest absolute Gasteiger partial charge is 0.462 e. The number of rotatable bonds is 20. The third-order valence-corrected chi connectivity index (χ3v) is 19.9. The van der Waals surface area contributed by atoms with Crippen molar-refractivity contribution in [2.24, 2.45) is 11.8 Å². The average Bonchev–Trinajstić information content (AvgIpc) is 1.57. The number of nitro groups is 2. The number of carbonyl (C=O) groups excluding carboxylic acids is 2. The molecule has 0 bridgehead atoms. The van der Waals surface area contributed by atoms with Crippen LogP contribution in [0.3, 0.4) is 0 Å². The summed E-state index contributed by atoms with van der Waals surface area (Å²) in [7, 11) is -8.45. The molecule has 7 heterocycles. The van der Waals surface area contributed by atoms with Crippen molar-refractivity contribution >= 4 is 61.2 Å². The highest BCUT2D eigenvalue weighted by Crippen LogP contribution is 2.53. The molecule has 4 aromatic heterocycles. The van der Waals surface area contributed by atoms with E-state index in [0.717, 1.165) is 64.2 Å². The van der Waals surface area contributed by atoms with Crippen molar-refractivity contribution in [2.75, 3.05) is 37.0 Å². The van der Waals surface area contributed by atoms with Gasteiger partial charge in [0.15, 0.2) is 17.4 Å². The zero-order chi connectivity index (χ0) is 67.9. The van der Waals surface area contributed by atoms with E-state index in [0.29, 0.717) is 22.5 Å². The van der Waals surface area contributed by atoms with Crippen LogP contribution < -0.4 is 20.5 Å². The Hall–Kier alpha value is -8.30. The molecule has 11 atom stereocenters. The van der Waals surface area contributed by atoms with Gasteiger partial charge in [0.2, 0.25) is 11.2 Å². The fourth-order valence-corrected chi connectivity index (χ4v) is 14.8. The number of aromatic nitrogens is 6. The highest BCUT2D eigenvalue weighted by atomic mass is 31.2. The van der Waals surface area contributed by atoms with Crippen molar-refractivity contribution < 1.29 is 90.8 Å². The number of carbonyl (C=O) groups is 2. The van der Waals surface area contributed by atoms with Gasteiger partial charge in [-0.05, 0) is 114 Å². The lowest BCUT2D eigenvalue weighted by molar-refractivity contribution is -0.385. The Kier molecular flexibility index (Phi) is 21.7. The van der Waals surface area contributed by atoms with Crippen molar-refractivity contribution in [3.8, 4) is 23.6 Å². The fourth-order valence-electron chi connectivity index (χ4n) is 11.6. The van der Waals surface area contributed by atoms with Gasteiger partial charge in [0.1, 0.15) is 103 Å². The molecule has 1 unspecified atom stereocenters. The minimum absolute atomic E-state index is 0.0451. The molecule has 2 aliphatic carbocycles. The van der Waals surface area contributed by atoms with E-state index in [-0.39, 0.29) is 52.8 Å². The summed E-state index contributed by atoms with van der Waals surface area (Å²) in [4.78, 5) is 63.8. The lowest BCUT2D eigenvalue weighted by Crippen LogP contribution is -2.45. The van der Waals surface area contributed by atoms with Gasteiger partial charge in [-0.25, -0.2) is 23.6 Å². The number of fused-ring (bicyclic) bond motifs is 3. The van der Waals surface area contributed by atoms with Crippen molar-refractivity contribution in [3.63, 3.8) is 0 Å². The van der Waals surface area contributed by atoms with E-state index < -0.39 is 122 Å². The number of nitrogens with zero attached hydrogens (tertiary/aromatic N) is 10. The van der Waals surface area contributed by atoms with Gasteiger partial charge in [-0.2, -0.15) is 20.7 Å². The molecule has 0 spiro atoms. The predicted octanol–water partition coefficient (Wildman–Crippen LogP) is 6.90. The number of esters is 2. The van der Waals surface area contributed by atoms with E-state index in [2.05, 4.69) is 20.2 Å². The van der Waals surface area contributed by atoms with Gasteiger partial charge in [0, 0.05) is 24.3 Å². The van der Waals surface area contributed by atoms with Gasteiger partial charge in [0.05, 0.1) is 52.0 Å². The number of aliphatic hydroxyl groups is 3. The molecule has 6 aromatic rings. The standard InChI is InChI=1S/C22H30N5O8P.C22H25N2O9P.C15H17N5O4/c1-13(21(30)34-14-5-3-2-4-6-14)9-36(31,32)33-11-22(10-23)19(29)17(28)18(35-22)15-7-8-16-20(24)25-12-26-27(15)16;1-16(22(25)31-19-5-3-2-4-6-19)15-34(30,32-20-11-7-17(8-12-20)23(26)27)33-21-13-9-18(10-14-21)24(28)29;1-14(2)22-11-10(23-15(5-16,6-21)12(11)24-14)8-3-4-9-13(17)18-7-19-20(8)9/h7-8,12-14,17-19,28-29H,2-6,9,11H2,1H3,(H,31,32)(H2,24,25,26);7-14,16,19H,2-6,15H2,1H3;3-4,7,10-12,21H,6H2,1-2H3,(H2,17,18,19)/t13-,17+,18+,19+,22-;16-;10-,11-,12-,15+/m110/s1. The molecular weight excluding hydrogens is 1270 g/mol. The zero-order valence-electron chi connectivity index (χ0n) is 51.5. The van der Waals surface area contributed by atoms with E-state index in [9.17, 15) is 69.7 Å². The van der Waals surface area contributed by atoms with Gasteiger partial charge in [-0.15, -0.1) is 0 Å². The number of hydrogen-bond donors (Lipinski definition) is 6. The number of nitriles is 2. The molecule has 2 saturated carbocycles. The molecular formula is C59H72N12O21P2. The van der Waals surface area contributed by atoms with Crippen LogP contribution in [0.25, 0.3) is 11.0 Å². The first-order valence-electron chi connectivity index (χ1n) is 30.1. The number of nitro benzene ring substituents is 2. The van der Waals surface area contributed by atoms with Crippen LogP contribution in [0.2, 0.25) is 0 Å².